The van der Waals surface area contributed by atoms with Gasteiger partial charge in [0.15, 0.2) is 17.3 Å². The molecule has 6 nitrogen and oxygen atoms in total. The van der Waals surface area contributed by atoms with Crippen LogP contribution in [0.3, 0.4) is 0 Å². The molecule has 0 spiro atoms. The predicted octanol–water partition coefficient (Wildman–Crippen LogP) is 5.04. The summed E-state index contributed by atoms with van der Waals surface area (Å²) in [7, 11) is 0. The molecule has 0 unspecified atom stereocenters. The van der Waals surface area contributed by atoms with E-state index in [0.29, 0.717) is 36.2 Å². The number of benzene rings is 3. The van der Waals surface area contributed by atoms with Crippen LogP contribution in [0.25, 0.3) is 6.08 Å². The van der Waals surface area contributed by atoms with E-state index in [2.05, 4.69) is 4.90 Å². The SMILES string of the molecule is O=C1/C(=C/c2cccc(Cl)c2)Oc2c1ccc1c2CN(Cc2ccc3c(c2)OCO3)CO1. The van der Waals surface area contributed by atoms with Crippen LogP contribution in [0.2, 0.25) is 5.02 Å². The summed E-state index contributed by atoms with van der Waals surface area (Å²) in [6.45, 7) is 1.96. The molecular formula is C25H18ClNO5. The van der Waals surface area contributed by atoms with Crippen LogP contribution in [0.5, 0.6) is 23.0 Å². The summed E-state index contributed by atoms with van der Waals surface area (Å²) in [5.74, 6) is 2.96. The van der Waals surface area contributed by atoms with Crippen molar-refractivity contribution in [3.05, 3.63) is 87.6 Å². The number of rotatable bonds is 3. The fraction of sp³-hybridized carbons (Fsp3) is 0.160. The Morgan fingerprint density at radius 1 is 0.969 bits per heavy atom. The summed E-state index contributed by atoms with van der Waals surface area (Å²) in [5.41, 5.74) is 3.32. The van der Waals surface area contributed by atoms with Crippen LogP contribution in [0.1, 0.15) is 27.0 Å². The van der Waals surface area contributed by atoms with Crippen molar-refractivity contribution >= 4 is 23.5 Å². The van der Waals surface area contributed by atoms with Crippen LogP contribution in [-0.2, 0) is 13.1 Å². The highest BCUT2D eigenvalue weighted by Crippen LogP contribution is 2.42. The Hall–Kier alpha value is -3.48. The molecule has 3 heterocycles. The highest BCUT2D eigenvalue weighted by atomic mass is 35.5. The monoisotopic (exact) mass is 447 g/mol. The van der Waals surface area contributed by atoms with Crippen molar-refractivity contribution in [2.24, 2.45) is 0 Å². The third-order valence-electron chi connectivity index (χ3n) is 5.67. The lowest BCUT2D eigenvalue weighted by atomic mass is 10.0. The van der Waals surface area contributed by atoms with E-state index in [1.807, 2.05) is 36.4 Å². The minimum Gasteiger partial charge on any atom is -0.478 e. The van der Waals surface area contributed by atoms with E-state index < -0.39 is 0 Å². The van der Waals surface area contributed by atoms with Gasteiger partial charge in [-0.15, -0.1) is 0 Å². The van der Waals surface area contributed by atoms with Crippen LogP contribution >= 0.6 is 11.6 Å². The van der Waals surface area contributed by atoms with Crippen LogP contribution in [0.15, 0.2) is 60.4 Å². The van der Waals surface area contributed by atoms with Gasteiger partial charge in [0.1, 0.15) is 18.2 Å². The molecule has 0 atom stereocenters. The maximum absolute atomic E-state index is 12.9. The number of hydrogen-bond donors (Lipinski definition) is 0. The Kier molecular flexibility index (Phi) is 4.56. The van der Waals surface area contributed by atoms with Gasteiger partial charge in [0.05, 0.1) is 11.1 Å². The molecule has 0 saturated heterocycles. The van der Waals surface area contributed by atoms with E-state index in [-0.39, 0.29) is 18.3 Å². The molecule has 0 fully saturated rings. The summed E-state index contributed by atoms with van der Waals surface area (Å²) in [4.78, 5) is 15.1. The minimum atomic E-state index is -0.143. The zero-order chi connectivity index (χ0) is 21.7. The van der Waals surface area contributed by atoms with Crippen molar-refractivity contribution in [1.29, 1.82) is 0 Å². The van der Waals surface area contributed by atoms with E-state index in [1.165, 1.54) is 0 Å². The molecule has 0 bridgehead atoms. The molecule has 0 amide bonds. The lowest BCUT2D eigenvalue weighted by Crippen LogP contribution is -2.31. The number of carbonyl (C=O) groups is 1. The summed E-state index contributed by atoms with van der Waals surface area (Å²) >= 11 is 6.07. The van der Waals surface area contributed by atoms with Crippen molar-refractivity contribution in [2.75, 3.05) is 13.5 Å². The van der Waals surface area contributed by atoms with Crippen LogP contribution in [-0.4, -0.2) is 24.2 Å². The summed E-state index contributed by atoms with van der Waals surface area (Å²) in [6, 6.07) is 16.8. The first kappa shape index (κ1) is 19.2. The van der Waals surface area contributed by atoms with Crippen LogP contribution in [0, 0.1) is 0 Å². The molecular weight excluding hydrogens is 430 g/mol. The minimum absolute atomic E-state index is 0.143. The summed E-state index contributed by atoms with van der Waals surface area (Å²) in [6.07, 6.45) is 1.72. The van der Waals surface area contributed by atoms with E-state index in [4.69, 9.17) is 30.5 Å². The second-order valence-corrected chi connectivity index (χ2v) is 8.30. The molecule has 0 N–H and O–H groups in total. The number of nitrogens with zero attached hydrogens (tertiary/aromatic N) is 1. The zero-order valence-corrected chi connectivity index (χ0v) is 17.7. The van der Waals surface area contributed by atoms with Gasteiger partial charge in [-0.2, -0.15) is 0 Å². The largest absolute Gasteiger partial charge is 0.478 e. The van der Waals surface area contributed by atoms with Crippen molar-refractivity contribution < 1.29 is 23.7 Å². The average Bonchev–Trinajstić information content (AvgIpc) is 3.38. The third-order valence-corrected chi connectivity index (χ3v) is 5.91. The number of hydrogen-bond acceptors (Lipinski definition) is 6. The first-order valence-corrected chi connectivity index (χ1v) is 10.6. The lowest BCUT2D eigenvalue weighted by molar-refractivity contribution is 0.0872. The first-order valence-electron chi connectivity index (χ1n) is 10.2. The molecule has 0 radical (unpaired) electrons. The normalized spacial score (nSPS) is 17.7. The fourth-order valence-corrected chi connectivity index (χ4v) is 4.35. The van der Waals surface area contributed by atoms with Gasteiger partial charge in [-0.05, 0) is 53.6 Å². The van der Waals surface area contributed by atoms with Crippen LogP contribution < -0.4 is 18.9 Å². The molecule has 32 heavy (non-hydrogen) atoms. The van der Waals surface area contributed by atoms with Gasteiger partial charge in [-0.25, -0.2) is 0 Å². The number of allylic oxidation sites excluding steroid dienone is 1. The summed E-state index contributed by atoms with van der Waals surface area (Å²) in [5, 5.41) is 0.604. The van der Waals surface area contributed by atoms with E-state index >= 15 is 0 Å². The smallest absolute Gasteiger partial charge is 0.231 e. The van der Waals surface area contributed by atoms with Crippen molar-refractivity contribution in [3.63, 3.8) is 0 Å². The second-order valence-electron chi connectivity index (χ2n) is 7.86. The van der Waals surface area contributed by atoms with Gasteiger partial charge in [0, 0.05) is 18.1 Å². The summed E-state index contributed by atoms with van der Waals surface area (Å²) < 4.78 is 22.9. The van der Waals surface area contributed by atoms with Crippen LogP contribution in [0.4, 0.5) is 0 Å². The Labute approximate surface area is 189 Å². The molecule has 0 aliphatic carbocycles. The highest BCUT2D eigenvalue weighted by molar-refractivity contribution is 6.30. The topological polar surface area (TPSA) is 57.2 Å². The zero-order valence-electron chi connectivity index (χ0n) is 17.0. The van der Waals surface area contributed by atoms with E-state index in [0.717, 1.165) is 33.9 Å². The van der Waals surface area contributed by atoms with Gasteiger partial charge >= 0.3 is 0 Å². The second kappa shape index (κ2) is 7.58. The highest BCUT2D eigenvalue weighted by Gasteiger charge is 2.33. The van der Waals surface area contributed by atoms with Gasteiger partial charge in [0.25, 0.3) is 0 Å². The molecule has 3 aliphatic rings. The number of ketones is 1. The first-order chi connectivity index (χ1) is 15.6. The predicted molar refractivity (Wildman–Crippen MR) is 118 cm³/mol. The number of halogens is 1. The van der Waals surface area contributed by atoms with E-state index in [1.54, 1.807) is 24.3 Å². The molecule has 3 aromatic rings. The van der Waals surface area contributed by atoms with Gasteiger partial charge in [0.2, 0.25) is 12.6 Å². The molecule has 0 saturated carbocycles. The van der Waals surface area contributed by atoms with Crippen molar-refractivity contribution in [2.45, 2.75) is 13.1 Å². The molecule has 0 aromatic heterocycles. The fourth-order valence-electron chi connectivity index (χ4n) is 4.15. The van der Waals surface area contributed by atoms with E-state index in [9.17, 15) is 4.79 Å². The number of carbonyl (C=O) groups excluding carboxylic acids is 1. The van der Waals surface area contributed by atoms with Crippen molar-refractivity contribution in [3.8, 4) is 23.0 Å². The molecule has 7 heteroatoms. The Balaban J connectivity index is 1.26. The quantitative estimate of drug-likeness (QED) is 0.524. The average molecular weight is 448 g/mol. The number of Topliss-reactive ketones (excluding diaryl/α,β-unsaturated/α-hetero) is 1. The molecule has 3 aliphatic heterocycles. The van der Waals surface area contributed by atoms with Gasteiger partial charge in [-0.1, -0.05) is 29.8 Å². The maximum Gasteiger partial charge on any atom is 0.231 e. The third kappa shape index (κ3) is 3.38. The number of fused-ring (bicyclic) bond motifs is 4. The molecule has 160 valence electrons. The van der Waals surface area contributed by atoms with Gasteiger partial charge < -0.3 is 18.9 Å². The molecule has 6 rings (SSSR count). The maximum atomic E-state index is 12.9. The standard InChI is InChI=1S/C25H18ClNO5/c26-17-3-1-2-15(8-17)9-23-24(28)18-5-7-20-19(25(18)32-23)12-27(13-29-20)11-16-4-6-21-22(10-16)31-14-30-21/h1-10H,11-14H2/b23-9-. The lowest BCUT2D eigenvalue weighted by Gasteiger charge is -2.29. The number of ether oxygens (including phenoxy) is 4. The Morgan fingerprint density at radius 2 is 1.84 bits per heavy atom. The Bertz CT molecular complexity index is 1290. The molecule has 3 aromatic carbocycles. The van der Waals surface area contributed by atoms with Crippen molar-refractivity contribution in [1.82, 2.24) is 4.90 Å². The van der Waals surface area contributed by atoms with Gasteiger partial charge in [-0.3, -0.25) is 9.69 Å². The Morgan fingerprint density at radius 3 is 2.75 bits per heavy atom.